The summed E-state index contributed by atoms with van der Waals surface area (Å²) in [4.78, 5) is 11.3. The lowest BCUT2D eigenvalue weighted by Gasteiger charge is -2.04. The number of nitrogens with zero attached hydrogens (tertiary/aromatic N) is 3. The molecule has 0 aliphatic rings. The first-order valence-corrected chi connectivity index (χ1v) is 4.94. The Morgan fingerprint density at radius 3 is 2.87 bits per heavy atom. The van der Waals surface area contributed by atoms with Crippen LogP contribution in [0.5, 0.6) is 0 Å². The maximum atomic E-state index is 11.3. The molecule has 0 fully saturated rings. The van der Waals surface area contributed by atoms with Crippen molar-refractivity contribution in [3.05, 3.63) is 10.5 Å². The van der Waals surface area contributed by atoms with E-state index in [1.807, 2.05) is 6.92 Å². The van der Waals surface area contributed by atoms with Crippen molar-refractivity contribution in [2.45, 2.75) is 27.2 Å². The van der Waals surface area contributed by atoms with Crippen LogP contribution < -0.4 is 11.0 Å². The quantitative estimate of drug-likeness (QED) is 0.726. The van der Waals surface area contributed by atoms with Gasteiger partial charge in [0.05, 0.1) is 0 Å². The number of anilines is 1. The summed E-state index contributed by atoms with van der Waals surface area (Å²) in [5.74, 6) is 0.942. The topological polar surface area (TPSA) is 75.1 Å². The van der Waals surface area contributed by atoms with Crippen LogP contribution in [0, 0.1) is 5.92 Å². The van der Waals surface area contributed by atoms with E-state index in [1.54, 1.807) is 7.05 Å². The molecule has 0 aliphatic carbocycles. The van der Waals surface area contributed by atoms with Gasteiger partial charge in [0, 0.05) is 12.8 Å². The van der Waals surface area contributed by atoms with Gasteiger partial charge >= 0.3 is 5.69 Å². The predicted molar refractivity (Wildman–Crippen MR) is 60.4 cm³/mol. The summed E-state index contributed by atoms with van der Waals surface area (Å²) in [6, 6.07) is 0. The third kappa shape index (κ3) is 2.93. The van der Waals surface area contributed by atoms with Gasteiger partial charge in [-0.3, -0.25) is 0 Å². The van der Waals surface area contributed by atoms with Crippen molar-refractivity contribution in [2.75, 3.05) is 12.4 Å². The zero-order valence-electron chi connectivity index (χ0n) is 9.53. The molecule has 0 bridgehead atoms. The minimum absolute atomic E-state index is 0.331. The first kappa shape index (κ1) is 11.5. The lowest BCUT2D eigenvalue weighted by atomic mass is 10.1. The van der Waals surface area contributed by atoms with E-state index in [4.69, 9.17) is 0 Å². The van der Waals surface area contributed by atoms with Crippen LogP contribution in [0.4, 0.5) is 5.95 Å². The Hall–Kier alpha value is -1.59. The van der Waals surface area contributed by atoms with Crippen molar-refractivity contribution in [3.8, 4) is 0 Å². The second-order valence-electron chi connectivity index (χ2n) is 3.85. The van der Waals surface area contributed by atoms with Gasteiger partial charge in [-0.2, -0.15) is 5.10 Å². The summed E-state index contributed by atoms with van der Waals surface area (Å²) >= 11 is 0. The van der Waals surface area contributed by atoms with Gasteiger partial charge in [0.25, 0.3) is 0 Å². The summed E-state index contributed by atoms with van der Waals surface area (Å²) in [6.07, 6.45) is 0.862. The Balaban J connectivity index is 2.96. The molecule has 0 atom stereocenters. The largest absolute Gasteiger partial charge is 0.365 e. The molecule has 6 heteroatoms. The van der Waals surface area contributed by atoms with Gasteiger partial charge in [-0.15, -0.1) is 9.77 Å². The van der Waals surface area contributed by atoms with E-state index < -0.39 is 0 Å². The summed E-state index contributed by atoms with van der Waals surface area (Å²) in [7, 11) is 1.69. The fourth-order valence-corrected chi connectivity index (χ4v) is 1.35. The zero-order chi connectivity index (χ0) is 11.4. The maximum Gasteiger partial charge on any atom is 0.365 e. The number of rotatable bonds is 4. The first-order chi connectivity index (χ1) is 7.04. The summed E-state index contributed by atoms with van der Waals surface area (Å²) in [5.41, 5.74) is 0.576. The molecule has 1 aromatic rings. The van der Waals surface area contributed by atoms with E-state index in [0.29, 0.717) is 11.9 Å². The average molecular weight is 211 g/mol. The molecule has 0 aliphatic heterocycles. The number of aromatic amines is 1. The highest BCUT2D eigenvalue weighted by Gasteiger charge is 2.05. The number of H-pyrrole nitrogens is 1. The van der Waals surface area contributed by atoms with Crippen LogP contribution >= 0.6 is 0 Å². The highest BCUT2D eigenvalue weighted by atomic mass is 16.2. The SMILES string of the molecule is CNc1n[nH]c(=O)n1N=C(C)CC(C)C. The molecule has 1 heterocycles. The van der Waals surface area contributed by atoms with Gasteiger partial charge in [-0.05, 0) is 19.3 Å². The lowest BCUT2D eigenvalue weighted by Crippen LogP contribution is -2.16. The van der Waals surface area contributed by atoms with E-state index in [9.17, 15) is 4.79 Å². The van der Waals surface area contributed by atoms with Crippen LogP contribution in [-0.2, 0) is 0 Å². The summed E-state index contributed by atoms with van der Waals surface area (Å²) in [5, 5.41) is 13.1. The maximum absolute atomic E-state index is 11.3. The number of hydrogen-bond donors (Lipinski definition) is 2. The summed E-state index contributed by atoms with van der Waals surface area (Å²) in [6.45, 7) is 6.12. The fourth-order valence-electron chi connectivity index (χ4n) is 1.35. The van der Waals surface area contributed by atoms with E-state index in [-0.39, 0.29) is 5.69 Å². The van der Waals surface area contributed by atoms with Gasteiger partial charge in [0.2, 0.25) is 5.95 Å². The Morgan fingerprint density at radius 2 is 2.33 bits per heavy atom. The molecule has 6 nitrogen and oxygen atoms in total. The van der Waals surface area contributed by atoms with Crippen LogP contribution in [0.15, 0.2) is 9.90 Å². The van der Waals surface area contributed by atoms with Crippen LogP contribution in [0.1, 0.15) is 27.2 Å². The smallest absolute Gasteiger partial charge is 0.356 e. The van der Waals surface area contributed by atoms with Gasteiger partial charge in [-0.1, -0.05) is 13.8 Å². The molecule has 0 aromatic carbocycles. The molecule has 0 saturated heterocycles. The molecule has 15 heavy (non-hydrogen) atoms. The Kier molecular flexibility index (Phi) is 3.65. The fraction of sp³-hybridized carbons (Fsp3) is 0.667. The van der Waals surface area contributed by atoms with Gasteiger partial charge in [0.1, 0.15) is 0 Å². The molecule has 2 N–H and O–H groups in total. The second kappa shape index (κ2) is 4.77. The molecular formula is C9H17N5O. The van der Waals surface area contributed by atoms with Crippen molar-refractivity contribution >= 4 is 11.7 Å². The van der Waals surface area contributed by atoms with Gasteiger partial charge in [0.15, 0.2) is 0 Å². The van der Waals surface area contributed by atoms with Crippen molar-refractivity contribution in [2.24, 2.45) is 11.0 Å². The molecule has 0 saturated carbocycles. The van der Waals surface area contributed by atoms with Crippen molar-refractivity contribution in [3.63, 3.8) is 0 Å². The molecule has 0 radical (unpaired) electrons. The minimum Gasteiger partial charge on any atom is -0.356 e. The Bertz CT molecular complexity index is 401. The van der Waals surface area contributed by atoms with Gasteiger partial charge < -0.3 is 5.32 Å². The van der Waals surface area contributed by atoms with E-state index in [2.05, 4.69) is 34.5 Å². The molecule has 1 aromatic heterocycles. The molecule has 0 spiro atoms. The van der Waals surface area contributed by atoms with E-state index in [1.165, 1.54) is 4.68 Å². The highest BCUT2D eigenvalue weighted by molar-refractivity contribution is 5.82. The lowest BCUT2D eigenvalue weighted by molar-refractivity contribution is 0.675. The molecular weight excluding hydrogens is 194 g/mol. The summed E-state index contributed by atoms with van der Waals surface area (Å²) < 4.78 is 1.23. The molecule has 84 valence electrons. The predicted octanol–water partition coefficient (Wildman–Crippen LogP) is 0.883. The van der Waals surface area contributed by atoms with Crippen LogP contribution in [-0.4, -0.2) is 27.6 Å². The first-order valence-electron chi connectivity index (χ1n) is 4.94. The third-order valence-corrected chi connectivity index (χ3v) is 1.85. The number of nitrogens with one attached hydrogen (secondary N) is 2. The van der Waals surface area contributed by atoms with E-state index >= 15 is 0 Å². The minimum atomic E-state index is -0.331. The zero-order valence-corrected chi connectivity index (χ0v) is 9.53. The molecule has 0 unspecified atom stereocenters. The monoisotopic (exact) mass is 211 g/mol. The highest BCUT2D eigenvalue weighted by Crippen LogP contribution is 2.03. The van der Waals surface area contributed by atoms with Crippen LogP contribution in [0.3, 0.4) is 0 Å². The number of hydrogen-bond acceptors (Lipinski definition) is 4. The standard InChI is InChI=1S/C9H17N5O/c1-6(2)5-7(3)13-14-8(10-4)11-12-9(14)15/h6H,5H2,1-4H3,(H,10,11)(H,12,15). The Labute approximate surface area is 88.4 Å². The average Bonchev–Trinajstić information content (AvgIpc) is 2.46. The normalized spacial score (nSPS) is 12.2. The van der Waals surface area contributed by atoms with Crippen molar-refractivity contribution in [1.82, 2.24) is 14.9 Å². The molecule has 1 rings (SSSR count). The number of aromatic nitrogens is 3. The second-order valence-corrected chi connectivity index (χ2v) is 3.85. The van der Waals surface area contributed by atoms with Crippen molar-refractivity contribution < 1.29 is 0 Å². The molecule has 0 amide bonds. The van der Waals surface area contributed by atoms with Crippen molar-refractivity contribution in [1.29, 1.82) is 0 Å². The third-order valence-electron chi connectivity index (χ3n) is 1.85. The Morgan fingerprint density at radius 1 is 1.67 bits per heavy atom. The van der Waals surface area contributed by atoms with Crippen LogP contribution in [0.25, 0.3) is 0 Å². The van der Waals surface area contributed by atoms with E-state index in [0.717, 1.165) is 12.1 Å². The van der Waals surface area contributed by atoms with Crippen LogP contribution in [0.2, 0.25) is 0 Å². The van der Waals surface area contributed by atoms with Gasteiger partial charge in [-0.25, -0.2) is 9.89 Å².